The second-order valence-electron chi connectivity index (χ2n) is 27.8. The van der Waals surface area contributed by atoms with Crippen molar-refractivity contribution < 1.29 is 24.5 Å². The van der Waals surface area contributed by atoms with Gasteiger partial charge >= 0.3 is 5.97 Å². The number of hydrogen-bond acceptors (Lipinski definition) is 5. The van der Waals surface area contributed by atoms with Crippen LogP contribution in [0, 0.1) is 0 Å². The summed E-state index contributed by atoms with van der Waals surface area (Å²) in [5.41, 5.74) is 0. The van der Waals surface area contributed by atoms with Gasteiger partial charge < -0.3 is 20.3 Å². The fourth-order valence-corrected chi connectivity index (χ4v) is 12.9. The molecule has 0 aliphatic rings. The van der Waals surface area contributed by atoms with Crippen molar-refractivity contribution in [3.05, 3.63) is 24.3 Å². The van der Waals surface area contributed by atoms with Gasteiger partial charge in [-0.25, -0.2) is 0 Å². The lowest BCUT2D eigenvalue weighted by atomic mass is 10.0. The third kappa shape index (κ3) is 73.3. The molecule has 0 saturated heterocycles. The van der Waals surface area contributed by atoms with E-state index in [2.05, 4.69) is 31.3 Å². The highest BCUT2D eigenvalue weighted by Crippen LogP contribution is 2.20. The van der Waals surface area contributed by atoms with E-state index in [0.29, 0.717) is 19.4 Å². The molecule has 0 heterocycles. The zero-order chi connectivity index (χ0) is 62.8. The number of aliphatic hydroxyl groups is 2. The lowest BCUT2D eigenvalue weighted by molar-refractivity contribution is -0.143. The van der Waals surface area contributed by atoms with Crippen molar-refractivity contribution in [2.75, 3.05) is 13.2 Å². The lowest BCUT2D eigenvalue weighted by Gasteiger charge is -2.20. The fraction of sp³-hybridized carbons (Fsp3) is 0.926. The van der Waals surface area contributed by atoms with E-state index < -0.39 is 12.1 Å². The highest BCUT2D eigenvalue weighted by molar-refractivity contribution is 5.76. The first-order valence-corrected chi connectivity index (χ1v) is 40.1. The van der Waals surface area contributed by atoms with Crippen molar-refractivity contribution in [2.24, 2.45) is 0 Å². The molecule has 0 aromatic rings. The third-order valence-corrected chi connectivity index (χ3v) is 19.0. The summed E-state index contributed by atoms with van der Waals surface area (Å²) < 4.78 is 5.51. The topological polar surface area (TPSA) is 95.9 Å². The molecule has 0 saturated carbocycles. The predicted octanol–water partition coefficient (Wildman–Crippen LogP) is 26.4. The second-order valence-corrected chi connectivity index (χ2v) is 27.8. The number of esters is 1. The van der Waals surface area contributed by atoms with E-state index in [4.69, 9.17) is 4.74 Å². The summed E-state index contributed by atoms with van der Waals surface area (Å²) in [4.78, 5) is 24.7. The van der Waals surface area contributed by atoms with Crippen LogP contribution in [0.1, 0.15) is 457 Å². The van der Waals surface area contributed by atoms with E-state index >= 15 is 0 Å². The third-order valence-electron chi connectivity index (χ3n) is 19.0. The molecular formula is C81H157NO5. The maximum atomic E-state index is 12.5. The van der Waals surface area contributed by atoms with E-state index in [1.165, 1.54) is 385 Å². The summed E-state index contributed by atoms with van der Waals surface area (Å²) in [7, 11) is 0. The van der Waals surface area contributed by atoms with Crippen molar-refractivity contribution >= 4 is 11.9 Å². The van der Waals surface area contributed by atoms with Crippen LogP contribution < -0.4 is 5.32 Å². The summed E-state index contributed by atoms with van der Waals surface area (Å²) in [6.07, 6.45) is 98.7. The normalized spacial score (nSPS) is 12.6. The minimum absolute atomic E-state index is 0.0186. The number of ether oxygens (including phenoxy) is 1. The molecule has 0 bridgehead atoms. The van der Waals surface area contributed by atoms with Gasteiger partial charge in [-0.3, -0.25) is 9.59 Å². The van der Waals surface area contributed by atoms with Crippen LogP contribution in [0.5, 0.6) is 0 Å². The minimum atomic E-state index is -0.842. The van der Waals surface area contributed by atoms with Crippen LogP contribution in [-0.2, 0) is 14.3 Å². The standard InChI is InChI=1S/C81H157NO5/c1-3-5-7-9-11-13-15-17-19-21-23-35-38-41-45-49-53-57-61-65-69-73-79(84)78(77-83)82-80(85)74-70-66-62-58-54-50-46-42-39-36-33-31-29-27-25-24-26-28-30-32-34-37-40-44-48-52-56-60-64-68-72-76-87-81(86)75-71-67-63-59-55-51-47-43-22-20-18-16-14-12-10-8-6-4-2/h20,22,69,73,78-79,83-84H,3-19,21,23-68,70-72,74-77H2,1-2H3,(H,82,85)/b22-20-,73-69+. The SMILES string of the molecule is CCCCCCCCC/C=C\CCCCCCCCCC(=O)OCCCCCCCCCCCCCCCCCCCCCCCCCCCCCCCCCC(=O)NC(CO)C(O)/C=C/CCCCCCCCCCCCCCCCCCCCC. The van der Waals surface area contributed by atoms with Crippen molar-refractivity contribution in [2.45, 2.75) is 469 Å². The van der Waals surface area contributed by atoms with E-state index in [0.717, 1.165) is 44.9 Å². The Morgan fingerprint density at radius 2 is 0.540 bits per heavy atom. The van der Waals surface area contributed by atoms with Crippen LogP contribution in [0.25, 0.3) is 0 Å². The second kappa shape index (κ2) is 76.8. The molecular weight excluding hydrogens is 1070 g/mol. The van der Waals surface area contributed by atoms with Gasteiger partial charge in [0.05, 0.1) is 25.4 Å². The first-order valence-electron chi connectivity index (χ1n) is 40.1. The predicted molar refractivity (Wildman–Crippen MR) is 384 cm³/mol. The molecule has 6 nitrogen and oxygen atoms in total. The Balaban J connectivity index is 3.34. The number of nitrogens with one attached hydrogen (secondary N) is 1. The van der Waals surface area contributed by atoms with Gasteiger partial charge in [-0.15, -0.1) is 0 Å². The molecule has 0 spiro atoms. The smallest absolute Gasteiger partial charge is 0.305 e. The Morgan fingerprint density at radius 3 is 0.816 bits per heavy atom. The number of aliphatic hydroxyl groups excluding tert-OH is 2. The largest absolute Gasteiger partial charge is 0.466 e. The molecule has 3 N–H and O–H groups in total. The Morgan fingerprint density at radius 1 is 0.310 bits per heavy atom. The van der Waals surface area contributed by atoms with Gasteiger partial charge in [0.25, 0.3) is 0 Å². The summed E-state index contributed by atoms with van der Waals surface area (Å²) >= 11 is 0. The van der Waals surface area contributed by atoms with E-state index in [1.54, 1.807) is 6.08 Å². The van der Waals surface area contributed by atoms with Crippen LogP contribution in [0.2, 0.25) is 0 Å². The fourth-order valence-electron chi connectivity index (χ4n) is 12.9. The molecule has 0 fully saturated rings. The van der Waals surface area contributed by atoms with Crippen molar-refractivity contribution in [1.82, 2.24) is 5.32 Å². The van der Waals surface area contributed by atoms with E-state index in [1.807, 2.05) is 6.08 Å². The number of amides is 1. The van der Waals surface area contributed by atoms with Gasteiger partial charge in [0.15, 0.2) is 0 Å². The highest BCUT2D eigenvalue weighted by Gasteiger charge is 2.18. The molecule has 2 unspecified atom stereocenters. The maximum absolute atomic E-state index is 12.5. The Labute approximate surface area is 545 Å². The van der Waals surface area contributed by atoms with Gasteiger partial charge in [-0.1, -0.05) is 411 Å². The summed E-state index contributed by atoms with van der Waals surface area (Å²) in [6.45, 7) is 4.96. The number of carbonyl (C=O) groups is 2. The maximum Gasteiger partial charge on any atom is 0.305 e. The van der Waals surface area contributed by atoms with Crippen molar-refractivity contribution in [3.63, 3.8) is 0 Å². The zero-order valence-electron chi connectivity index (χ0n) is 59.3. The monoisotopic (exact) mass is 1220 g/mol. The average Bonchev–Trinajstić information content (AvgIpc) is 3.52. The number of unbranched alkanes of at least 4 members (excludes halogenated alkanes) is 63. The Hall–Kier alpha value is -1.66. The molecule has 6 heteroatoms. The molecule has 1 amide bonds. The molecule has 0 rings (SSSR count). The van der Waals surface area contributed by atoms with Crippen LogP contribution in [0.3, 0.4) is 0 Å². The van der Waals surface area contributed by atoms with Gasteiger partial charge in [0.1, 0.15) is 0 Å². The molecule has 0 aliphatic carbocycles. The van der Waals surface area contributed by atoms with Gasteiger partial charge in [-0.05, 0) is 57.8 Å². The number of hydrogen-bond donors (Lipinski definition) is 3. The van der Waals surface area contributed by atoms with Crippen LogP contribution in [-0.4, -0.2) is 47.4 Å². The molecule has 87 heavy (non-hydrogen) atoms. The molecule has 0 aromatic heterocycles. The first-order chi connectivity index (χ1) is 43.0. The number of rotatable bonds is 76. The van der Waals surface area contributed by atoms with Crippen molar-refractivity contribution in [3.8, 4) is 0 Å². The molecule has 516 valence electrons. The number of allylic oxidation sites excluding steroid dienone is 3. The molecule has 0 aliphatic heterocycles. The summed E-state index contributed by atoms with van der Waals surface area (Å²) in [6, 6.07) is -0.625. The first kappa shape index (κ1) is 85.3. The van der Waals surface area contributed by atoms with Gasteiger partial charge in [-0.2, -0.15) is 0 Å². The lowest BCUT2D eigenvalue weighted by Crippen LogP contribution is -2.45. The molecule has 2 atom stereocenters. The summed E-state index contributed by atoms with van der Waals surface area (Å²) in [5.74, 6) is -0.0403. The van der Waals surface area contributed by atoms with Gasteiger partial charge in [0.2, 0.25) is 5.91 Å². The quantitative estimate of drug-likeness (QED) is 0.0320. The van der Waals surface area contributed by atoms with E-state index in [-0.39, 0.29) is 18.5 Å². The highest BCUT2D eigenvalue weighted by atomic mass is 16.5. The zero-order valence-corrected chi connectivity index (χ0v) is 59.3. The Kier molecular flexibility index (Phi) is 75.3. The summed E-state index contributed by atoms with van der Waals surface area (Å²) in [5, 5.41) is 23.3. The van der Waals surface area contributed by atoms with Crippen molar-refractivity contribution in [1.29, 1.82) is 0 Å². The molecule has 0 radical (unpaired) electrons. The molecule has 0 aromatic carbocycles. The van der Waals surface area contributed by atoms with Crippen LogP contribution in [0.4, 0.5) is 0 Å². The van der Waals surface area contributed by atoms with Gasteiger partial charge in [0, 0.05) is 12.8 Å². The van der Waals surface area contributed by atoms with Crippen LogP contribution >= 0.6 is 0 Å². The Bertz CT molecular complexity index is 1360. The number of carbonyl (C=O) groups excluding carboxylic acids is 2. The average molecular weight is 1230 g/mol. The minimum Gasteiger partial charge on any atom is -0.466 e. The van der Waals surface area contributed by atoms with Crippen LogP contribution in [0.15, 0.2) is 24.3 Å². The van der Waals surface area contributed by atoms with E-state index in [9.17, 15) is 19.8 Å².